The van der Waals surface area contributed by atoms with Crippen LogP contribution >= 0.6 is 0 Å². The minimum absolute atomic E-state index is 0.270. The molecule has 0 amide bonds. The van der Waals surface area contributed by atoms with Crippen molar-refractivity contribution in [2.75, 3.05) is 20.1 Å². The molecule has 1 aromatic rings. The number of aliphatic carboxylic acids is 1. The molecule has 2 rings (SSSR count). The van der Waals surface area contributed by atoms with Gasteiger partial charge in [-0.05, 0) is 32.1 Å². The van der Waals surface area contributed by atoms with Gasteiger partial charge in [0.15, 0.2) is 0 Å². The van der Waals surface area contributed by atoms with E-state index in [1.54, 1.807) is 0 Å². The van der Waals surface area contributed by atoms with Crippen molar-refractivity contribution in [1.82, 2.24) is 4.90 Å². The molecule has 17 heavy (non-hydrogen) atoms. The summed E-state index contributed by atoms with van der Waals surface area (Å²) in [5, 5.41) is 9.17. The molecule has 1 aromatic carbocycles. The van der Waals surface area contributed by atoms with Gasteiger partial charge >= 0.3 is 5.97 Å². The molecule has 1 saturated heterocycles. The van der Waals surface area contributed by atoms with E-state index >= 15 is 0 Å². The molecule has 1 fully saturated rings. The van der Waals surface area contributed by atoms with E-state index in [4.69, 9.17) is 4.74 Å². The van der Waals surface area contributed by atoms with Gasteiger partial charge in [0.25, 0.3) is 0 Å². The summed E-state index contributed by atoms with van der Waals surface area (Å²) in [6, 6.07) is 9.39. The van der Waals surface area contributed by atoms with Gasteiger partial charge in [0.2, 0.25) is 0 Å². The first-order valence-electron chi connectivity index (χ1n) is 5.80. The van der Waals surface area contributed by atoms with Crippen LogP contribution in [0.25, 0.3) is 0 Å². The van der Waals surface area contributed by atoms with Gasteiger partial charge in [0.1, 0.15) is 11.9 Å². The van der Waals surface area contributed by atoms with Crippen LogP contribution in [-0.2, 0) is 4.79 Å². The lowest BCUT2D eigenvalue weighted by Gasteiger charge is -2.34. The molecule has 1 heterocycles. The molecule has 0 bridgehead atoms. The quantitative estimate of drug-likeness (QED) is 0.862. The maximum atomic E-state index is 11.2. The molecule has 1 N–H and O–H groups in total. The van der Waals surface area contributed by atoms with E-state index in [1.807, 2.05) is 37.4 Å². The fraction of sp³-hybridized carbons (Fsp3) is 0.462. The molecule has 0 aromatic heterocycles. The van der Waals surface area contributed by atoms with Gasteiger partial charge in [0.05, 0.1) is 5.92 Å². The van der Waals surface area contributed by atoms with E-state index in [2.05, 4.69) is 4.90 Å². The van der Waals surface area contributed by atoms with Gasteiger partial charge < -0.3 is 14.7 Å². The van der Waals surface area contributed by atoms with E-state index in [9.17, 15) is 9.90 Å². The summed E-state index contributed by atoms with van der Waals surface area (Å²) in [7, 11) is 1.99. The van der Waals surface area contributed by atoms with E-state index in [-0.39, 0.29) is 6.10 Å². The molecule has 1 aliphatic rings. The van der Waals surface area contributed by atoms with Gasteiger partial charge in [-0.15, -0.1) is 0 Å². The van der Waals surface area contributed by atoms with E-state index < -0.39 is 11.9 Å². The normalized spacial score (nSPS) is 25.5. The van der Waals surface area contributed by atoms with Crippen LogP contribution in [0, 0.1) is 5.92 Å². The Kier molecular flexibility index (Phi) is 3.64. The standard InChI is InChI=1S/C13H17NO3/c1-14-8-7-11(13(15)16)12(9-14)17-10-5-3-2-4-6-10/h2-6,11-12H,7-9H2,1H3,(H,15,16)/t11-,12+/m1/s1. The fourth-order valence-corrected chi connectivity index (χ4v) is 2.15. The lowest BCUT2D eigenvalue weighted by Crippen LogP contribution is -2.47. The lowest BCUT2D eigenvalue weighted by molar-refractivity contribution is -0.147. The number of carboxylic acids is 1. The number of para-hydroxylation sites is 1. The van der Waals surface area contributed by atoms with Crippen LogP contribution in [0.1, 0.15) is 6.42 Å². The summed E-state index contributed by atoms with van der Waals surface area (Å²) < 4.78 is 5.78. The number of ether oxygens (including phenoxy) is 1. The van der Waals surface area contributed by atoms with Crippen molar-refractivity contribution in [3.63, 3.8) is 0 Å². The largest absolute Gasteiger partial charge is 0.488 e. The molecule has 92 valence electrons. The number of carbonyl (C=O) groups is 1. The van der Waals surface area contributed by atoms with E-state index in [0.717, 1.165) is 12.3 Å². The second-order valence-corrected chi connectivity index (χ2v) is 4.47. The molecule has 1 aliphatic heterocycles. The number of likely N-dealkylation sites (N-methyl/N-ethyl adjacent to an activating group) is 1. The van der Waals surface area contributed by atoms with Crippen molar-refractivity contribution in [1.29, 1.82) is 0 Å². The number of carboxylic acid groups (broad SMARTS) is 1. The maximum Gasteiger partial charge on any atom is 0.310 e. The molecule has 4 nitrogen and oxygen atoms in total. The van der Waals surface area contributed by atoms with Gasteiger partial charge in [-0.25, -0.2) is 0 Å². The zero-order valence-electron chi connectivity index (χ0n) is 9.87. The lowest BCUT2D eigenvalue weighted by atomic mass is 9.94. The number of likely N-dealkylation sites (tertiary alicyclic amines) is 1. The highest BCUT2D eigenvalue weighted by atomic mass is 16.5. The summed E-state index contributed by atoms with van der Waals surface area (Å²) in [4.78, 5) is 13.3. The minimum atomic E-state index is -0.765. The highest BCUT2D eigenvalue weighted by Gasteiger charge is 2.34. The maximum absolute atomic E-state index is 11.2. The summed E-state index contributed by atoms with van der Waals surface area (Å²) >= 11 is 0. The van der Waals surface area contributed by atoms with Gasteiger partial charge in [-0.1, -0.05) is 18.2 Å². The predicted octanol–water partition coefficient (Wildman–Crippen LogP) is 1.47. The number of rotatable bonds is 3. The van der Waals surface area contributed by atoms with Crippen molar-refractivity contribution < 1.29 is 14.6 Å². The second kappa shape index (κ2) is 5.19. The average molecular weight is 235 g/mol. The summed E-state index contributed by atoms with van der Waals surface area (Å²) in [5.74, 6) is -0.440. The highest BCUT2D eigenvalue weighted by Crippen LogP contribution is 2.22. The smallest absolute Gasteiger partial charge is 0.310 e. The van der Waals surface area contributed by atoms with Crippen molar-refractivity contribution in [2.24, 2.45) is 5.92 Å². The number of hydrogen-bond donors (Lipinski definition) is 1. The first kappa shape index (κ1) is 11.9. The molecular formula is C13H17NO3. The first-order valence-corrected chi connectivity index (χ1v) is 5.80. The third-order valence-electron chi connectivity index (χ3n) is 3.11. The molecule has 2 atom stereocenters. The fourth-order valence-electron chi connectivity index (χ4n) is 2.15. The Hall–Kier alpha value is -1.55. The van der Waals surface area contributed by atoms with Crippen LogP contribution in [0.15, 0.2) is 30.3 Å². The zero-order chi connectivity index (χ0) is 12.3. The van der Waals surface area contributed by atoms with Crippen molar-refractivity contribution in [3.05, 3.63) is 30.3 Å². The van der Waals surface area contributed by atoms with Crippen LogP contribution in [-0.4, -0.2) is 42.2 Å². The number of benzene rings is 1. The second-order valence-electron chi connectivity index (χ2n) is 4.47. The molecule has 0 saturated carbocycles. The van der Waals surface area contributed by atoms with Gasteiger partial charge in [0, 0.05) is 6.54 Å². The Bertz CT molecular complexity index is 380. The molecule has 0 radical (unpaired) electrons. The Labute approximate surface area is 101 Å². The van der Waals surface area contributed by atoms with Crippen LogP contribution in [0.3, 0.4) is 0 Å². The van der Waals surface area contributed by atoms with Crippen LogP contribution in [0.4, 0.5) is 0 Å². The van der Waals surface area contributed by atoms with Crippen molar-refractivity contribution in [3.8, 4) is 5.75 Å². The number of piperidine rings is 1. The third-order valence-corrected chi connectivity index (χ3v) is 3.11. The molecule has 0 spiro atoms. The average Bonchev–Trinajstić information content (AvgIpc) is 2.30. The Morgan fingerprint density at radius 3 is 2.76 bits per heavy atom. The Morgan fingerprint density at radius 1 is 1.41 bits per heavy atom. The van der Waals surface area contributed by atoms with Crippen molar-refractivity contribution >= 4 is 5.97 Å². The molecule has 0 aliphatic carbocycles. The Morgan fingerprint density at radius 2 is 2.12 bits per heavy atom. The first-order chi connectivity index (χ1) is 8.16. The topological polar surface area (TPSA) is 49.8 Å². The summed E-state index contributed by atoms with van der Waals surface area (Å²) in [6.07, 6.45) is 0.372. The molecular weight excluding hydrogens is 218 g/mol. The Balaban J connectivity index is 2.08. The van der Waals surface area contributed by atoms with Crippen LogP contribution in [0.2, 0.25) is 0 Å². The summed E-state index contributed by atoms with van der Waals surface area (Å²) in [6.45, 7) is 1.47. The molecule has 4 heteroatoms. The van der Waals surface area contributed by atoms with Crippen LogP contribution < -0.4 is 4.74 Å². The van der Waals surface area contributed by atoms with E-state index in [0.29, 0.717) is 13.0 Å². The van der Waals surface area contributed by atoms with Crippen molar-refractivity contribution in [2.45, 2.75) is 12.5 Å². The number of nitrogens with zero attached hydrogens (tertiary/aromatic N) is 1. The van der Waals surface area contributed by atoms with Gasteiger partial charge in [-0.3, -0.25) is 4.79 Å². The summed E-state index contributed by atoms with van der Waals surface area (Å²) in [5.41, 5.74) is 0. The SMILES string of the molecule is CN1CC[C@@H](C(=O)O)[C@@H](Oc2ccccc2)C1. The number of hydrogen-bond acceptors (Lipinski definition) is 3. The monoisotopic (exact) mass is 235 g/mol. The van der Waals surface area contributed by atoms with E-state index in [1.165, 1.54) is 0 Å². The highest BCUT2D eigenvalue weighted by molar-refractivity contribution is 5.71. The molecule has 0 unspecified atom stereocenters. The minimum Gasteiger partial charge on any atom is -0.488 e. The van der Waals surface area contributed by atoms with Gasteiger partial charge in [-0.2, -0.15) is 0 Å². The third kappa shape index (κ3) is 2.97. The zero-order valence-corrected chi connectivity index (χ0v) is 9.87. The predicted molar refractivity (Wildman–Crippen MR) is 64.1 cm³/mol. The van der Waals surface area contributed by atoms with Crippen LogP contribution in [0.5, 0.6) is 5.75 Å².